The molecule has 1 aromatic carbocycles. The third-order valence-electron chi connectivity index (χ3n) is 3.47. The van der Waals surface area contributed by atoms with E-state index in [0.29, 0.717) is 30.5 Å². The Kier molecular flexibility index (Phi) is 8.57. The lowest BCUT2D eigenvalue weighted by Gasteiger charge is -2.29. The van der Waals surface area contributed by atoms with Gasteiger partial charge in [-0.15, -0.1) is 29.9 Å². The minimum absolute atomic E-state index is 0. The summed E-state index contributed by atoms with van der Waals surface area (Å²) in [5, 5.41) is 13.6. The van der Waals surface area contributed by atoms with Crippen molar-refractivity contribution in [3.63, 3.8) is 0 Å². The summed E-state index contributed by atoms with van der Waals surface area (Å²) >= 11 is 0. The first-order valence-electron chi connectivity index (χ1n) is 7.44. The van der Waals surface area contributed by atoms with E-state index in [9.17, 15) is 4.79 Å². The maximum Gasteiger partial charge on any atom is 0.244 e. The van der Waals surface area contributed by atoms with Gasteiger partial charge in [-0.25, -0.2) is 0 Å². The van der Waals surface area contributed by atoms with Gasteiger partial charge in [-0.3, -0.25) is 4.79 Å². The normalized spacial score (nSPS) is 19.1. The van der Waals surface area contributed by atoms with Gasteiger partial charge in [-0.1, -0.05) is 6.07 Å². The van der Waals surface area contributed by atoms with E-state index in [0.717, 1.165) is 0 Å². The summed E-state index contributed by atoms with van der Waals surface area (Å²) in [6.07, 6.45) is 1.41. The molecule has 1 aliphatic heterocycles. The molecule has 2 atom stereocenters. The lowest BCUT2D eigenvalue weighted by molar-refractivity contribution is -0.123. The maximum atomic E-state index is 12.3. The highest BCUT2D eigenvalue weighted by molar-refractivity contribution is 5.95. The molecule has 0 unspecified atom stereocenters. The van der Waals surface area contributed by atoms with Crippen molar-refractivity contribution in [1.82, 2.24) is 15.5 Å². The van der Waals surface area contributed by atoms with Gasteiger partial charge in [0.2, 0.25) is 11.8 Å². The summed E-state index contributed by atoms with van der Waals surface area (Å²) in [5.41, 5.74) is 0.649. The number of nitrogens with zero attached hydrogens (tertiary/aromatic N) is 2. The molecule has 1 aromatic heterocycles. The SMILES string of the molecule is C[C@H]1OCCN[C@@H]1C(=O)Nc1cccc(Oc2cccnn2)c1.Cl.Cl. The first kappa shape index (κ1) is 21.1. The van der Waals surface area contributed by atoms with E-state index in [-0.39, 0.29) is 42.9 Å². The number of carbonyl (C=O) groups excluding carboxylic acids is 1. The highest BCUT2D eigenvalue weighted by Crippen LogP contribution is 2.22. The average Bonchev–Trinajstić information content (AvgIpc) is 2.56. The van der Waals surface area contributed by atoms with Crippen molar-refractivity contribution in [2.45, 2.75) is 19.1 Å². The van der Waals surface area contributed by atoms with Crippen molar-refractivity contribution in [2.24, 2.45) is 0 Å². The minimum atomic E-state index is -0.367. The van der Waals surface area contributed by atoms with Gasteiger partial charge < -0.3 is 20.1 Å². The Labute approximate surface area is 158 Å². The predicted octanol–water partition coefficient (Wildman–Crippen LogP) is 2.43. The molecule has 1 amide bonds. The molecule has 0 spiro atoms. The Morgan fingerprint density at radius 1 is 1.32 bits per heavy atom. The number of halogens is 2. The van der Waals surface area contributed by atoms with Crippen molar-refractivity contribution in [1.29, 1.82) is 0 Å². The molecule has 9 heteroatoms. The van der Waals surface area contributed by atoms with Crippen LogP contribution in [0.15, 0.2) is 42.6 Å². The second-order valence-electron chi connectivity index (χ2n) is 5.19. The fourth-order valence-corrected chi connectivity index (χ4v) is 2.35. The number of rotatable bonds is 4. The fraction of sp³-hybridized carbons (Fsp3) is 0.312. The van der Waals surface area contributed by atoms with Gasteiger partial charge in [0.25, 0.3) is 0 Å². The van der Waals surface area contributed by atoms with Crippen molar-refractivity contribution in [3.8, 4) is 11.6 Å². The van der Waals surface area contributed by atoms with E-state index in [1.807, 2.05) is 6.92 Å². The number of nitrogens with one attached hydrogen (secondary N) is 2. The van der Waals surface area contributed by atoms with E-state index in [1.165, 1.54) is 0 Å². The zero-order valence-corrected chi connectivity index (χ0v) is 15.2. The number of aromatic nitrogens is 2. The second kappa shape index (κ2) is 10.1. The highest BCUT2D eigenvalue weighted by atomic mass is 35.5. The Morgan fingerprint density at radius 3 is 2.88 bits per heavy atom. The molecule has 2 aromatic rings. The summed E-state index contributed by atoms with van der Waals surface area (Å²) in [7, 11) is 0. The smallest absolute Gasteiger partial charge is 0.244 e. The van der Waals surface area contributed by atoms with E-state index in [2.05, 4.69) is 20.8 Å². The van der Waals surface area contributed by atoms with Crippen LogP contribution in [-0.2, 0) is 9.53 Å². The third kappa shape index (κ3) is 5.82. The number of morpholine rings is 1. The van der Waals surface area contributed by atoms with Crippen LogP contribution >= 0.6 is 24.8 Å². The number of hydrogen-bond acceptors (Lipinski definition) is 6. The van der Waals surface area contributed by atoms with Gasteiger partial charge in [-0.05, 0) is 25.1 Å². The number of ether oxygens (including phenoxy) is 2. The fourth-order valence-electron chi connectivity index (χ4n) is 2.35. The number of anilines is 1. The van der Waals surface area contributed by atoms with Crippen molar-refractivity contribution < 1.29 is 14.3 Å². The molecule has 136 valence electrons. The maximum absolute atomic E-state index is 12.3. The molecular weight excluding hydrogens is 367 g/mol. The second-order valence-corrected chi connectivity index (χ2v) is 5.19. The van der Waals surface area contributed by atoms with Crippen LogP contribution in [0.3, 0.4) is 0 Å². The van der Waals surface area contributed by atoms with Crippen LogP contribution in [0, 0.1) is 0 Å². The molecule has 1 fully saturated rings. The molecule has 2 N–H and O–H groups in total. The van der Waals surface area contributed by atoms with Crippen LogP contribution in [0.4, 0.5) is 5.69 Å². The topological polar surface area (TPSA) is 85.4 Å². The molecule has 0 bridgehead atoms. The third-order valence-corrected chi connectivity index (χ3v) is 3.47. The average molecular weight is 387 g/mol. The highest BCUT2D eigenvalue weighted by Gasteiger charge is 2.28. The Balaban J connectivity index is 0.00000156. The van der Waals surface area contributed by atoms with Crippen LogP contribution in [0.1, 0.15) is 6.92 Å². The van der Waals surface area contributed by atoms with Gasteiger partial charge in [-0.2, -0.15) is 5.10 Å². The molecule has 2 heterocycles. The monoisotopic (exact) mass is 386 g/mol. The molecule has 3 rings (SSSR count). The quantitative estimate of drug-likeness (QED) is 0.838. The number of benzene rings is 1. The van der Waals surface area contributed by atoms with E-state index in [4.69, 9.17) is 9.47 Å². The van der Waals surface area contributed by atoms with Gasteiger partial charge in [0.1, 0.15) is 11.8 Å². The molecule has 0 saturated carbocycles. The van der Waals surface area contributed by atoms with Crippen molar-refractivity contribution in [2.75, 3.05) is 18.5 Å². The number of amides is 1. The van der Waals surface area contributed by atoms with Gasteiger partial charge >= 0.3 is 0 Å². The minimum Gasteiger partial charge on any atom is -0.437 e. The summed E-state index contributed by atoms with van der Waals surface area (Å²) in [6, 6.07) is 10.2. The van der Waals surface area contributed by atoms with Crippen molar-refractivity contribution in [3.05, 3.63) is 42.6 Å². The first-order valence-corrected chi connectivity index (χ1v) is 7.44. The predicted molar refractivity (Wildman–Crippen MR) is 98.9 cm³/mol. The molecule has 1 aliphatic rings. The largest absolute Gasteiger partial charge is 0.437 e. The lowest BCUT2D eigenvalue weighted by Crippen LogP contribution is -2.53. The Hall–Kier alpha value is -1.93. The molecule has 1 saturated heterocycles. The van der Waals surface area contributed by atoms with Crippen molar-refractivity contribution >= 4 is 36.4 Å². The van der Waals surface area contributed by atoms with Gasteiger partial charge in [0, 0.05) is 30.6 Å². The number of hydrogen-bond donors (Lipinski definition) is 2. The molecule has 7 nitrogen and oxygen atoms in total. The van der Waals surface area contributed by atoms with Gasteiger partial charge in [0.15, 0.2) is 0 Å². The van der Waals surface area contributed by atoms with Gasteiger partial charge in [0.05, 0.1) is 12.7 Å². The van der Waals surface area contributed by atoms with Crippen LogP contribution in [0.25, 0.3) is 0 Å². The number of carbonyl (C=O) groups is 1. The first-order chi connectivity index (χ1) is 11.2. The lowest BCUT2D eigenvalue weighted by atomic mass is 10.1. The Morgan fingerprint density at radius 2 is 2.16 bits per heavy atom. The zero-order chi connectivity index (χ0) is 16.1. The zero-order valence-electron chi connectivity index (χ0n) is 13.5. The van der Waals surface area contributed by atoms with E-state index >= 15 is 0 Å². The standard InChI is InChI=1S/C16H18N4O3.2ClH/c1-11-15(17-8-9-22-11)16(21)19-12-4-2-5-13(10-12)23-14-6-3-7-18-20-14;;/h2-7,10-11,15,17H,8-9H2,1H3,(H,19,21);2*1H/t11-,15+;;/m1../s1. The van der Waals surface area contributed by atoms with E-state index < -0.39 is 0 Å². The Bertz CT molecular complexity index is 675. The van der Waals surface area contributed by atoms with E-state index in [1.54, 1.807) is 42.6 Å². The summed E-state index contributed by atoms with van der Waals surface area (Å²) in [5.74, 6) is 0.838. The van der Waals surface area contributed by atoms with Crippen LogP contribution in [0.2, 0.25) is 0 Å². The molecule has 0 radical (unpaired) electrons. The summed E-state index contributed by atoms with van der Waals surface area (Å²) in [6.45, 7) is 3.16. The van der Waals surface area contributed by atoms with Crippen LogP contribution < -0.4 is 15.4 Å². The molecule has 0 aliphatic carbocycles. The summed E-state index contributed by atoms with van der Waals surface area (Å²) in [4.78, 5) is 12.3. The molecule has 25 heavy (non-hydrogen) atoms. The summed E-state index contributed by atoms with van der Waals surface area (Å²) < 4.78 is 11.1. The molecular formula is C16H20Cl2N4O3. The van der Waals surface area contributed by atoms with Crippen LogP contribution in [0.5, 0.6) is 11.6 Å². The van der Waals surface area contributed by atoms with Crippen LogP contribution in [-0.4, -0.2) is 41.4 Å².